The summed E-state index contributed by atoms with van der Waals surface area (Å²) < 4.78 is 24.8. The number of nitrogens with one attached hydrogen (secondary N) is 1. The molecule has 114 valence electrons. The summed E-state index contributed by atoms with van der Waals surface area (Å²) in [6, 6.07) is 7.69. The van der Waals surface area contributed by atoms with Gasteiger partial charge in [-0.3, -0.25) is 0 Å². The fourth-order valence-corrected chi connectivity index (χ4v) is 3.57. The zero-order valence-corrected chi connectivity index (χ0v) is 13.3. The van der Waals surface area contributed by atoms with E-state index in [9.17, 15) is 8.42 Å². The van der Waals surface area contributed by atoms with Crippen molar-refractivity contribution in [3.8, 4) is 6.07 Å². The minimum atomic E-state index is -3.10. The van der Waals surface area contributed by atoms with Crippen LogP contribution < -0.4 is 5.32 Å². The summed E-state index contributed by atoms with van der Waals surface area (Å²) in [6.07, 6.45) is 3.19. The van der Waals surface area contributed by atoms with Gasteiger partial charge >= 0.3 is 0 Å². The van der Waals surface area contributed by atoms with Gasteiger partial charge in [0.25, 0.3) is 0 Å². The molecular weight excluding hydrogens is 286 g/mol. The van der Waals surface area contributed by atoms with E-state index in [4.69, 9.17) is 5.26 Å². The van der Waals surface area contributed by atoms with Crippen molar-refractivity contribution in [1.82, 2.24) is 4.31 Å². The molecule has 2 rings (SSSR count). The Morgan fingerprint density at radius 1 is 1.48 bits per heavy atom. The van der Waals surface area contributed by atoms with E-state index in [1.54, 1.807) is 10.4 Å². The number of sulfonamides is 1. The Kier molecular flexibility index (Phi) is 4.86. The van der Waals surface area contributed by atoms with Crippen molar-refractivity contribution in [3.05, 3.63) is 29.3 Å². The molecule has 1 aliphatic heterocycles. The van der Waals surface area contributed by atoms with Gasteiger partial charge in [0.15, 0.2) is 0 Å². The highest BCUT2D eigenvalue weighted by molar-refractivity contribution is 7.88. The van der Waals surface area contributed by atoms with Gasteiger partial charge in [-0.05, 0) is 43.4 Å². The monoisotopic (exact) mass is 307 g/mol. The first-order chi connectivity index (χ1) is 9.90. The molecule has 1 aromatic rings. The number of anilines is 1. The lowest BCUT2D eigenvalue weighted by Crippen LogP contribution is -2.41. The largest absolute Gasteiger partial charge is 0.384 e. The van der Waals surface area contributed by atoms with E-state index < -0.39 is 10.0 Å². The lowest BCUT2D eigenvalue weighted by Gasteiger charge is -2.31. The minimum absolute atomic E-state index is 0.304. The topological polar surface area (TPSA) is 73.2 Å². The summed E-state index contributed by atoms with van der Waals surface area (Å²) in [6.45, 7) is 3.91. The first-order valence-corrected chi connectivity index (χ1v) is 8.94. The van der Waals surface area contributed by atoms with Gasteiger partial charge in [0.2, 0.25) is 10.0 Å². The second-order valence-electron chi connectivity index (χ2n) is 5.65. The average Bonchev–Trinajstić information content (AvgIpc) is 2.46. The fraction of sp³-hybridized carbons (Fsp3) is 0.533. The molecule has 1 saturated heterocycles. The van der Waals surface area contributed by atoms with E-state index in [1.807, 2.05) is 19.1 Å². The number of hydrogen-bond acceptors (Lipinski definition) is 4. The maximum atomic E-state index is 11.6. The predicted molar refractivity (Wildman–Crippen MR) is 83.5 cm³/mol. The van der Waals surface area contributed by atoms with E-state index in [-0.39, 0.29) is 0 Å². The third-order valence-corrected chi connectivity index (χ3v) is 5.17. The maximum Gasteiger partial charge on any atom is 0.211 e. The summed E-state index contributed by atoms with van der Waals surface area (Å²) in [7, 11) is -3.10. The first kappa shape index (κ1) is 15.8. The maximum absolute atomic E-state index is 11.6. The van der Waals surface area contributed by atoms with Gasteiger partial charge in [-0.1, -0.05) is 6.07 Å². The van der Waals surface area contributed by atoms with E-state index >= 15 is 0 Å². The Balaban J connectivity index is 1.99. The number of rotatable bonds is 4. The SMILES string of the molecule is Cc1ccc(C#N)cc1NCC1CCCN(S(C)(=O)=O)C1. The molecule has 6 heteroatoms. The van der Waals surface area contributed by atoms with Gasteiger partial charge in [-0.2, -0.15) is 5.26 Å². The second kappa shape index (κ2) is 6.46. The molecule has 0 aliphatic carbocycles. The standard InChI is InChI=1S/C15H21N3O2S/c1-12-5-6-13(9-16)8-15(12)17-10-14-4-3-7-18(11-14)21(2,19)20/h5-6,8,14,17H,3-4,7,10-11H2,1-2H3. The molecule has 1 unspecified atom stereocenters. The van der Waals surface area contributed by atoms with Crippen LogP contribution in [0.4, 0.5) is 5.69 Å². The molecule has 0 radical (unpaired) electrons. The van der Waals surface area contributed by atoms with Crippen LogP contribution in [0.15, 0.2) is 18.2 Å². The van der Waals surface area contributed by atoms with Crippen molar-refractivity contribution in [3.63, 3.8) is 0 Å². The molecule has 0 spiro atoms. The molecule has 1 fully saturated rings. The van der Waals surface area contributed by atoms with Crippen LogP contribution in [0.5, 0.6) is 0 Å². The molecule has 0 saturated carbocycles. The molecule has 0 bridgehead atoms. The normalized spacial score (nSPS) is 20.0. The number of aryl methyl sites for hydroxylation is 1. The average molecular weight is 307 g/mol. The van der Waals surface area contributed by atoms with Crippen molar-refractivity contribution < 1.29 is 8.42 Å². The summed E-state index contributed by atoms with van der Waals surface area (Å²) in [5, 5.41) is 12.3. The zero-order valence-electron chi connectivity index (χ0n) is 12.5. The quantitative estimate of drug-likeness (QED) is 0.922. The Labute approximate surface area is 126 Å². The summed E-state index contributed by atoms with van der Waals surface area (Å²) in [5.74, 6) is 0.304. The van der Waals surface area contributed by atoms with Crippen LogP contribution in [0.3, 0.4) is 0 Å². The van der Waals surface area contributed by atoms with Crippen molar-refractivity contribution in [2.24, 2.45) is 5.92 Å². The van der Waals surface area contributed by atoms with Gasteiger partial charge in [-0.15, -0.1) is 0 Å². The van der Waals surface area contributed by atoms with Crippen LogP contribution in [0.25, 0.3) is 0 Å². The summed E-state index contributed by atoms with van der Waals surface area (Å²) in [5.41, 5.74) is 2.67. The molecule has 1 atom stereocenters. The highest BCUT2D eigenvalue weighted by Gasteiger charge is 2.25. The Morgan fingerprint density at radius 2 is 2.24 bits per heavy atom. The molecular formula is C15H21N3O2S. The van der Waals surface area contributed by atoms with Gasteiger partial charge in [0.05, 0.1) is 17.9 Å². The van der Waals surface area contributed by atoms with Crippen molar-refractivity contribution in [2.45, 2.75) is 19.8 Å². The number of nitrogens with zero attached hydrogens (tertiary/aromatic N) is 2. The van der Waals surface area contributed by atoms with E-state index in [0.717, 1.165) is 30.6 Å². The fourth-order valence-electron chi connectivity index (χ4n) is 2.63. The Hall–Kier alpha value is -1.58. The summed E-state index contributed by atoms with van der Waals surface area (Å²) in [4.78, 5) is 0. The Morgan fingerprint density at radius 3 is 2.90 bits per heavy atom. The molecule has 21 heavy (non-hydrogen) atoms. The third-order valence-electron chi connectivity index (χ3n) is 3.90. The smallest absolute Gasteiger partial charge is 0.211 e. The highest BCUT2D eigenvalue weighted by Crippen LogP contribution is 2.21. The minimum Gasteiger partial charge on any atom is -0.384 e. The highest BCUT2D eigenvalue weighted by atomic mass is 32.2. The molecule has 1 aliphatic rings. The van der Waals surface area contributed by atoms with E-state index in [1.165, 1.54) is 6.26 Å². The number of hydrogen-bond donors (Lipinski definition) is 1. The lowest BCUT2D eigenvalue weighted by molar-refractivity contribution is 0.277. The molecule has 1 aromatic carbocycles. The van der Waals surface area contributed by atoms with Crippen LogP contribution in [0, 0.1) is 24.2 Å². The molecule has 1 N–H and O–H groups in total. The molecule has 5 nitrogen and oxygen atoms in total. The van der Waals surface area contributed by atoms with E-state index in [2.05, 4.69) is 11.4 Å². The van der Waals surface area contributed by atoms with Gasteiger partial charge in [0, 0.05) is 25.3 Å². The third kappa shape index (κ3) is 4.19. The van der Waals surface area contributed by atoms with Crippen molar-refractivity contribution in [1.29, 1.82) is 5.26 Å². The second-order valence-corrected chi connectivity index (χ2v) is 7.63. The lowest BCUT2D eigenvalue weighted by atomic mass is 9.99. The molecule has 0 aromatic heterocycles. The zero-order chi connectivity index (χ0) is 15.5. The molecule has 0 amide bonds. The van der Waals surface area contributed by atoms with Crippen LogP contribution in [-0.2, 0) is 10.0 Å². The number of benzene rings is 1. The number of nitriles is 1. The van der Waals surface area contributed by atoms with Gasteiger partial charge in [-0.25, -0.2) is 12.7 Å². The van der Waals surface area contributed by atoms with Gasteiger partial charge in [0.1, 0.15) is 0 Å². The van der Waals surface area contributed by atoms with Crippen LogP contribution in [-0.4, -0.2) is 38.6 Å². The Bertz CT molecular complexity index is 649. The van der Waals surface area contributed by atoms with Crippen LogP contribution in [0.2, 0.25) is 0 Å². The first-order valence-electron chi connectivity index (χ1n) is 7.10. The predicted octanol–water partition coefficient (Wildman–Crippen LogP) is 1.95. The number of piperidine rings is 1. The van der Waals surface area contributed by atoms with E-state index in [0.29, 0.717) is 24.6 Å². The molecule has 1 heterocycles. The van der Waals surface area contributed by atoms with Crippen LogP contribution in [0.1, 0.15) is 24.0 Å². The van der Waals surface area contributed by atoms with Crippen molar-refractivity contribution in [2.75, 3.05) is 31.2 Å². The van der Waals surface area contributed by atoms with Gasteiger partial charge < -0.3 is 5.32 Å². The van der Waals surface area contributed by atoms with Crippen molar-refractivity contribution >= 4 is 15.7 Å². The van der Waals surface area contributed by atoms with Crippen LogP contribution >= 0.6 is 0 Å². The summed E-state index contributed by atoms with van der Waals surface area (Å²) >= 11 is 0.